The van der Waals surface area contributed by atoms with Gasteiger partial charge in [-0.3, -0.25) is 9.69 Å². The second-order valence-corrected chi connectivity index (χ2v) is 5.14. The number of pyridine rings is 1. The van der Waals surface area contributed by atoms with Crippen LogP contribution in [-0.2, 0) is 7.05 Å². The fraction of sp³-hybridized carbons (Fsp3) is 0.615. The molecule has 5 nitrogen and oxygen atoms in total. The highest BCUT2D eigenvalue weighted by atomic mass is 19.3. The van der Waals surface area contributed by atoms with Crippen LogP contribution in [0.25, 0.3) is 0 Å². The molecule has 1 unspecified atom stereocenters. The maximum Gasteiger partial charge on any atom is 0.259 e. The molecule has 0 saturated carbocycles. The minimum absolute atomic E-state index is 0.0166. The molecule has 0 spiro atoms. The van der Waals surface area contributed by atoms with Crippen LogP contribution in [0.1, 0.15) is 11.7 Å². The lowest BCUT2D eigenvalue weighted by molar-refractivity contribution is -0.00182. The highest BCUT2D eigenvalue weighted by Gasteiger charge is 2.35. The van der Waals surface area contributed by atoms with E-state index in [4.69, 9.17) is 0 Å². The Hall–Kier alpha value is -1.47. The Kier molecular flexibility index (Phi) is 4.39. The largest absolute Gasteiger partial charge is 0.503 e. The van der Waals surface area contributed by atoms with Gasteiger partial charge < -0.3 is 14.6 Å². The maximum absolute atomic E-state index is 13.5. The highest BCUT2D eigenvalue weighted by Crippen LogP contribution is 2.31. The third-order valence-corrected chi connectivity index (χ3v) is 3.76. The normalized spacial score (nSPS) is 19.4. The van der Waals surface area contributed by atoms with E-state index in [2.05, 4.69) is 4.90 Å². The van der Waals surface area contributed by atoms with Crippen LogP contribution >= 0.6 is 0 Å². The van der Waals surface area contributed by atoms with Crippen LogP contribution in [0.4, 0.5) is 8.78 Å². The van der Waals surface area contributed by atoms with E-state index in [1.54, 1.807) is 11.9 Å². The molecule has 20 heavy (non-hydrogen) atoms. The van der Waals surface area contributed by atoms with Gasteiger partial charge in [0.2, 0.25) is 5.43 Å². The predicted octanol–water partition coefficient (Wildman–Crippen LogP) is 0.644. The van der Waals surface area contributed by atoms with Gasteiger partial charge >= 0.3 is 0 Å². The Bertz CT molecular complexity index is 525. The Labute approximate surface area is 116 Å². The molecule has 7 heteroatoms. The van der Waals surface area contributed by atoms with Gasteiger partial charge in [-0.1, -0.05) is 0 Å². The Balaban J connectivity index is 2.39. The van der Waals surface area contributed by atoms with Gasteiger partial charge in [0.05, 0.1) is 5.69 Å². The van der Waals surface area contributed by atoms with Crippen LogP contribution in [0.15, 0.2) is 17.1 Å². The summed E-state index contributed by atoms with van der Waals surface area (Å²) in [5, 5.41) is 9.88. The molecule has 2 rings (SSSR count). The number of halogens is 2. The first-order valence-corrected chi connectivity index (χ1v) is 6.51. The maximum atomic E-state index is 13.5. The minimum Gasteiger partial charge on any atom is -0.503 e. The molecule has 0 aliphatic carbocycles. The Morgan fingerprint density at radius 1 is 1.20 bits per heavy atom. The molecule has 1 saturated heterocycles. The summed E-state index contributed by atoms with van der Waals surface area (Å²) in [6.45, 7) is 2.33. The summed E-state index contributed by atoms with van der Waals surface area (Å²) >= 11 is 0. The lowest BCUT2D eigenvalue weighted by atomic mass is 10.1. The summed E-state index contributed by atoms with van der Waals surface area (Å²) in [5.74, 6) is -0.584. The van der Waals surface area contributed by atoms with Gasteiger partial charge in [0.1, 0.15) is 6.04 Å². The molecular formula is C13H19F2N3O2. The first kappa shape index (κ1) is 14.9. The van der Waals surface area contributed by atoms with E-state index in [9.17, 15) is 18.7 Å². The molecule has 0 bridgehead atoms. The molecule has 1 aliphatic heterocycles. The van der Waals surface area contributed by atoms with Crippen molar-refractivity contribution in [3.8, 4) is 5.75 Å². The third kappa shape index (κ3) is 2.83. The Morgan fingerprint density at radius 3 is 2.35 bits per heavy atom. The van der Waals surface area contributed by atoms with Crippen molar-refractivity contribution in [2.24, 2.45) is 7.05 Å². The average Bonchev–Trinajstić information content (AvgIpc) is 2.40. The van der Waals surface area contributed by atoms with Crippen molar-refractivity contribution >= 4 is 0 Å². The Morgan fingerprint density at radius 2 is 1.80 bits per heavy atom. The lowest BCUT2D eigenvalue weighted by Gasteiger charge is -2.38. The first-order chi connectivity index (χ1) is 9.41. The molecule has 1 fully saturated rings. The van der Waals surface area contributed by atoms with E-state index in [1.165, 1.54) is 16.8 Å². The monoisotopic (exact) mass is 287 g/mol. The van der Waals surface area contributed by atoms with Crippen molar-refractivity contribution in [1.82, 2.24) is 14.4 Å². The zero-order valence-corrected chi connectivity index (χ0v) is 11.6. The fourth-order valence-corrected chi connectivity index (χ4v) is 2.53. The number of aryl methyl sites for hydroxylation is 1. The van der Waals surface area contributed by atoms with Crippen molar-refractivity contribution < 1.29 is 13.9 Å². The molecular weight excluding hydrogens is 268 g/mol. The number of aromatic hydroxyl groups is 1. The van der Waals surface area contributed by atoms with E-state index in [0.717, 1.165) is 0 Å². The number of rotatable bonds is 3. The predicted molar refractivity (Wildman–Crippen MR) is 71.2 cm³/mol. The van der Waals surface area contributed by atoms with Crippen molar-refractivity contribution in [3.05, 3.63) is 28.2 Å². The minimum atomic E-state index is -2.67. The summed E-state index contributed by atoms with van der Waals surface area (Å²) < 4.78 is 28.3. The van der Waals surface area contributed by atoms with Crippen molar-refractivity contribution in [2.45, 2.75) is 12.5 Å². The number of alkyl halides is 2. The van der Waals surface area contributed by atoms with Crippen molar-refractivity contribution in [3.63, 3.8) is 0 Å². The molecule has 0 aromatic carbocycles. The van der Waals surface area contributed by atoms with E-state index in [1.807, 2.05) is 7.05 Å². The van der Waals surface area contributed by atoms with Gasteiger partial charge in [-0.25, -0.2) is 8.78 Å². The van der Waals surface area contributed by atoms with Gasteiger partial charge in [-0.15, -0.1) is 0 Å². The van der Waals surface area contributed by atoms with Crippen LogP contribution < -0.4 is 5.43 Å². The van der Waals surface area contributed by atoms with Crippen LogP contribution in [0.5, 0.6) is 5.75 Å². The third-order valence-electron chi connectivity index (χ3n) is 3.76. The number of hydrogen-bond acceptors (Lipinski definition) is 4. The van der Waals surface area contributed by atoms with Gasteiger partial charge in [0.15, 0.2) is 5.75 Å². The summed E-state index contributed by atoms with van der Waals surface area (Å²) in [7, 11) is 3.49. The molecule has 0 amide bonds. The second kappa shape index (κ2) is 5.88. The van der Waals surface area contributed by atoms with Gasteiger partial charge in [-0.2, -0.15) is 0 Å². The topological polar surface area (TPSA) is 48.7 Å². The first-order valence-electron chi connectivity index (χ1n) is 6.51. The number of nitrogens with zero attached hydrogens (tertiary/aromatic N) is 3. The zero-order chi connectivity index (χ0) is 14.9. The number of hydrogen-bond donors (Lipinski definition) is 1. The average molecular weight is 287 g/mol. The van der Waals surface area contributed by atoms with E-state index >= 15 is 0 Å². The number of likely N-dealkylation sites (N-methyl/N-ethyl adjacent to an activating group) is 1. The van der Waals surface area contributed by atoms with Crippen LogP contribution in [0.3, 0.4) is 0 Å². The highest BCUT2D eigenvalue weighted by molar-refractivity contribution is 5.30. The van der Waals surface area contributed by atoms with E-state index in [-0.39, 0.29) is 5.69 Å². The summed E-state index contributed by atoms with van der Waals surface area (Å²) in [6, 6.07) is -0.0895. The van der Waals surface area contributed by atoms with Crippen molar-refractivity contribution in [1.29, 1.82) is 0 Å². The quantitative estimate of drug-likeness (QED) is 0.886. The molecule has 2 heterocycles. The van der Waals surface area contributed by atoms with Crippen LogP contribution in [0, 0.1) is 0 Å². The standard InChI is InChI=1S/C13H19F2N3O2/c1-16-5-7-18(8-6-16)11(13(14)15)10-12(20)9(19)3-4-17(10)2/h3-4,11,13,20H,5-8H2,1-2H3. The van der Waals surface area contributed by atoms with Gasteiger partial charge in [0, 0.05) is 45.5 Å². The van der Waals surface area contributed by atoms with Crippen molar-refractivity contribution in [2.75, 3.05) is 33.2 Å². The van der Waals surface area contributed by atoms with Crippen LogP contribution in [-0.4, -0.2) is 59.1 Å². The van der Waals surface area contributed by atoms with Gasteiger partial charge in [-0.05, 0) is 7.05 Å². The molecule has 1 aromatic rings. The summed E-state index contributed by atoms with van der Waals surface area (Å²) in [5.41, 5.74) is -0.644. The smallest absolute Gasteiger partial charge is 0.259 e. The molecule has 1 N–H and O–H groups in total. The molecule has 0 radical (unpaired) electrons. The second-order valence-electron chi connectivity index (χ2n) is 5.14. The molecule has 1 aromatic heterocycles. The van der Waals surface area contributed by atoms with Gasteiger partial charge in [0.25, 0.3) is 6.43 Å². The zero-order valence-electron chi connectivity index (χ0n) is 11.6. The molecule has 1 aliphatic rings. The summed E-state index contributed by atoms with van der Waals surface area (Å²) in [6.07, 6.45) is -1.26. The SMILES string of the molecule is CN1CCN(C(c2c(O)c(=O)ccn2C)C(F)F)CC1. The van der Waals surface area contributed by atoms with E-state index < -0.39 is 23.6 Å². The molecule has 1 atom stereocenters. The number of piperazine rings is 1. The number of aromatic nitrogens is 1. The lowest BCUT2D eigenvalue weighted by Crippen LogP contribution is -2.48. The summed E-state index contributed by atoms with van der Waals surface area (Å²) in [4.78, 5) is 15.2. The fourth-order valence-electron chi connectivity index (χ4n) is 2.53. The molecule has 112 valence electrons. The van der Waals surface area contributed by atoms with E-state index in [0.29, 0.717) is 26.2 Å². The van der Waals surface area contributed by atoms with Crippen LogP contribution in [0.2, 0.25) is 0 Å².